The summed E-state index contributed by atoms with van der Waals surface area (Å²) in [6.07, 6.45) is 4.65. The lowest BCUT2D eigenvalue weighted by Gasteiger charge is -2.07. The molecule has 0 aliphatic carbocycles. The molecule has 2 rings (SSSR count). The minimum absolute atomic E-state index is 0.122. The highest BCUT2D eigenvalue weighted by molar-refractivity contribution is 7.99. The Labute approximate surface area is 132 Å². The lowest BCUT2D eigenvalue weighted by molar-refractivity contribution is -0.116. The number of imidazole rings is 1. The molecule has 0 saturated heterocycles. The molecule has 0 spiro atoms. The first kappa shape index (κ1) is 15.7. The maximum atomic E-state index is 12.2. The Balaban J connectivity index is 2.00. The van der Waals surface area contributed by atoms with Gasteiger partial charge in [-0.25, -0.2) is 9.97 Å². The number of thioether (sulfide) groups is 1. The maximum absolute atomic E-state index is 12.2. The minimum atomic E-state index is -0.772. The Hall–Kier alpha value is -1.65. The van der Waals surface area contributed by atoms with Gasteiger partial charge in [0.1, 0.15) is 5.01 Å². The van der Waals surface area contributed by atoms with Crippen molar-refractivity contribution in [1.82, 2.24) is 14.5 Å². The number of hydrogen-bond acceptors (Lipinski definition) is 6. The van der Waals surface area contributed by atoms with Crippen molar-refractivity contribution in [2.75, 3.05) is 5.75 Å². The van der Waals surface area contributed by atoms with Gasteiger partial charge in [0.2, 0.25) is 0 Å². The number of aryl methyl sites for hydroxylation is 2. The Bertz CT molecular complexity index is 656. The molecular formula is C14H16N4OS2. The Morgan fingerprint density at radius 3 is 3.05 bits per heavy atom. The highest BCUT2D eigenvalue weighted by Gasteiger charge is 2.23. The predicted octanol–water partition coefficient (Wildman–Crippen LogP) is 3.03. The number of ketones is 1. The smallest absolute Gasteiger partial charge is 0.168 e. The summed E-state index contributed by atoms with van der Waals surface area (Å²) in [5, 5.41) is 12.5. The number of hydrogen-bond donors (Lipinski definition) is 0. The fourth-order valence-electron chi connectivity index (χ4n) is 1.84. The molecule has 1 unspecified atom stereocenters. The number of nitriles is 1. The van der Waals surface area contributed by atoms with E-state index < -0.39 is 5.92 Å². The average Bonchev–Trinajstić information content (AvgIpc) is 3.07. The van der Waals surface area contributed by atoms with Gasteiger partial charge in [0, 0.05) is 30.0 Å². The van der Waals surface area contributed by atoms with E-state index in [0.717, 1.165) is 23.8 Å². The van der Waals surface area contributed by atoms with E-state index >= 15 is 0 Å². The number of Topliss-reactive ketones (excluding diaryl/α,β-unsaturated/α-hetero) is 1. The second-order valence-corrected chi connectivity index (χ2v) is 6.38. The van der Waals surface area contributed by atoms with Crippen molar-refractivity contribution in [3.05, 3.63) is 28.5 Å². The molecule has 21 heavy (non-hydrogen) atoms. The van der Waals surface area contributed by atoms with Crippen molar-refractivity contribution in [1.29, 1.82) is 5.26 Å². The molecule has 7 heteroatoms. The van der Waals surface area contributed by atoms with Gasteiger partial charge in [-0.15, -0.1) is 11.3 Å². The number of aromatic nitrogens is 3. The molecule has 1 atom stereocenters. The summed E-state index contributed by atoms with van der Waals surface area (Å²) in [5.74, 6) is -0.661. The predicted molar refractivity (Wildman–Crippen MR) is 83.5 cm³/mol. The summed E-state index contributed by atoms with van der Waals surface area (Å²) >= 11 is 2.74. The Kier molecular flexibility index (Phi) is 5.53. The summed E-state index contributed by atoms with van der Waals surface area (Å²) in [5.41, 5.74) is 0.842. The van der Waals surface area contributed by atoms with E-state index in [1.54, 1.807) is 6.20 Å². The molecule has 110 valence electrons. The third-order valence-corrected chi connectivity index (χ3v) is 4.87. The van der Waals surface area contributed by atoms with E-state index in [-0.39, 0.29) is 11.5 Å². The van der Waals surface area contributed by atoms with E-state index in [2.05, 4.69) is 23.0 Å². The van der Waals surface area contributed by atoms with Gasteiger partial charge in [0.05, 0.1) is 11.8 Å². The highest BCUT2D eigenvalue weighted by atomic mass is 32.2. The van der Waals surface area contributed by atoms with Crippen LogP contribution in [-0.4, -0.2) is 26.1 Å². The molecule has 0 aliphatic heterocycles. The van der Waals surface area contributed by atoms with Crippen LogP contribution in [0.1, 0.15) is 30.0 Å². The monoisotopic (exact) mass is 320 g/mol. The van der Waals surface area contributed by atoms with Crippen LogP contribution in [0.15, 0.2) is 22.9 Å². The van der Waals surface area contributed by atoms with Crippen molar-refractivity contribution in [2.24, 2.45) is 0 Å². The zero-order chi connectivity index (χ0) is 15.2. The van der Waals surface area contributed by atoms with Gasteiger partial charge in [-0.05, 0) is 13.3 Å². The molecule has 0 saturated carbocycles. The molecule has 5 nitrogen and oxygen atoms in total. The van der Waals surface area contributed by atoms with Gasteiger partial charge >= 0.3 is 0 Å². The Morgan fingerprint density at radius 2 is 2.43 bits per heavy atom. The zero-order valence-electron chi connectivity index (χ0n) is 11.9. The SMILES string of the molecule is CCCn1ccnc1SCC(=O)C(C#N)c1nc(C)cs1. The van der Waals surface area contributed by atoms with Gasteiger partial charge in [0.15, 0.2) is 16.9 Å². The molecule has 2 aromatic rings. The van der Waals surface area contributed by atoms with Crippen LogP contribution in [0.2, 0.25) is 0 Å². The molecule has 0 bridgehead atoms. The second-order valence-electron chi connectivity index (χ2n) is 4.55. The zero-order valence-corrected chi connectivity index (χ0v) is 13.6. The van der Waals surface area contributed by atoms with Crippen molar-refractivity contribution in [3.63, 3.8) is 0 Å². The quantitative estimate of drug-likeness (QED) is 0.733. The largest absolute Gasteiger partial charge is 0.326 e. The number of rotatable bonds is 7. The van der Waals surface area contributed by atoms with Gasteiger partial charge in [-0.1, -0.05) is 18.7 Å². The molecule has 2 aromatic heterocycles. The molecule has 0 amide bonds. The van der Waals surface area contributed by atoms with Crippen molar-refractivity contribution < 1.29 is 4.79 Å². The van der Waals surface area contributed by atoms with Crippen LogP contribution in [0.5, 0.6) is 0 Å². The first-order chi connectivity index (χ1) is 10.2. The Morgan fingerprint density at radius 1 is 1.62 bits per heavy atom. The molecule has 0 radical (unpaired) electrons. The van der Waals surface area contributed by atoms with E-state index in [1.165, 1.54) is 23.1 Å². The van der Waals surface area contributed by atoms with Gasteiger partial charge in [-0.3, -0.25) is 4.79 Å². The number of carbonyl (C=O) groups excluding carboxylic acids is 1. The van der Waals surface area contributed by atoms with Crippen molar-refractivity contribution in [2.45, 2.75) is 37.9 Å². The summed E-state index contributed by atoms with van der Waals surface area (Å²) in [6.45, 7) is 4.83. The minimum Gasteiger partial charge on any atom is -0.326 e. The van der Waals surface area contributed by atoms with Crippen LogP contribution < -0.4 is 0 Å². The van der Waals surface area contributed by atoms with E-state index in [1.807, 2.05) is 23.1 Å². The topological polar surface area (TPSA) is 71.6 Å². The first-order valence-electron chi connectivity index (χ1n) is 6.64. The number of thiazole rings is 1. The normalized spacial score (nSPS) is 12.0. The third-order valence-electron chi connectivity index (χ3n) is 2.82. The lowest BCUT2D eigenvalue weighted by atomic mass is 10.1. The second kappa shape index (κ2) is 7.38. The van der Waals surface area contributed by atoms with Crippen LogP contribution in [0.25, 0.3) is 0 Å². The van der Waals surface area contributed by atoms with Crippen LogP contribution in [0.3, 0.4) is 0 Å². The molecule has 0 N–H and O–H groups in total. The van der Waals surface area contributed by atoms with Crippen molar-refractivity contribution in [3.8, 4) is 6.07 Å². The van der Waals surface area contributed by atoms with Crippen LogP contribution in [-0.2, 0) is 11.3 Å². The third kappa shape index (κ3) is 3.93. The van der Waals surface area contributed by atoms with Crippen LogP contribution >= 0.6 is 23.1 Å². The lowest BCUT2D eigenvalue weighted by Crippen LogP contribution is -2.13. The van der Waals surface area contributed by atoms with E-state index in [9.17, 15) is 10.1 Å². The van der Waals surface area contributed by atoms with Crippen LogP contribution in [0.4, 0.5) is 0 Å². The van der Waals surface area contributed by atoms with E-state index in [4.69, 9.17) is 0 Å². The molecule has 2 heterocycles. The van der Waals surface area contributed by atoms with Gasteiger partial charge in [0.25, 0.3) is 0 Å². The van der Waals surface area contributed by atoms with Crippen LogP contribution in [0, 0.1) is 18.3 Å². The highest BCUT2D eigenvalue weighted by Crippen LogP contribution is 2.24. The summed E-state index contributed by atoms with van der Waals surface area (Å²) in [6, 6.07) is 2.06. The molecular weight excluding hydrogens is 304 g/mol. The summed E-state index contributed by atoms with van der Waals surface area (Å²) in [7, 11) is 0. The fraction of sp³-hybridized carbons (Fsp3) is 0.429. The fourth-order valence-corrected chi connectivity index (χ4v) is 3.59. The molecule has 0 aliphatic rings. The van der Waals surface area contributed by atoms with Gasteiger partial charge < -0.3 is 4.57 Å². The number of nitrogens with zero attached hydrogens (tertiary/aromatic N) is 4. The average molecular weight is 320 g/mol. The van der Waals surface area contributed by atoms with Crippen molar-refractivity contribution >= 4 is 28.9 Å². The first-order valence-corrected chi connectivity index (χ1v) is 8.50. The summed E-state index contributed by atoms with van der Waals surface area (Å²) in [4.78, 5) is 20.7. The number of carbonyl (C=O) groups is 1. The standard InChI is InChI=1S/C14H16N4OS2/c1-3-5-18-6-4-16-14(18)21-9-12(19)11(7-15)13-17-10(2)8-20-13/h4,6,8,11H,3,5,9H2,1-2H3. The van der Waals surface area contributed by atoms with E-state index in [0.29, 0.717) is 5.01 Å². The van der Waals surface area contributed by atoms with Gasteiger partial charge in [-0.2, -0.15) is 5.26 Å². The summed E-state index contributed by atoms with van der Waals surface area (Å²) < 4.78 is 2.02. The molecule has 0 aromatic carbocycles. The molecule has 0 fully saturated rings. The maximum Gasteiger partial charge on any atom is 0.168 e.